The average molecular weight is 490 g/mol. The number of hydrogen-bond donors (Lipinski definition) is 1. The van der Waals surface area contributed by atoms with E-state index in [1.807, 2.05) is 6.92 Å². The predicted molar refractivity (Wildman–Crippen MR) is 125 cm³/mol. The van der Waals surface area contributed by atoms with E-state index in [0.717, 1.165) is 12.8 Å². The van der Waals surface area contributed by atoms with Gasteiger partial charge >= 0.3 is 0 Å². The molecule has 2 amide bonds. The molecule has 0 radical (unpaired) electrons. The molecule has 2 aromatic carbocycles. The van der Waals surface area contributed by atoms with Crippen LogP contribution in [-0.4, -0.2) is 29.3 Å². The summed E-state index contributed by atoms with van der Waals surface area (Å²) in [4.78, 5) is 27.3. The molecule has 1 N–H and O–H groups in total. The van der Waals surface area contributed by atoms with E-state index in [4.69, 9.17) is 46.4 Å². The van der Waals surface area contributed by atoms with Crippen LogP contribution in [0.25, 0.3) is 0 Å². The van der Waals surface area contributed by atoms with Gasteiger partial charge in [-0.05, 0) is 43.2 Å². The second kappa shape index (κ2) is 11.8. The first-order valence-electron chi connectivity index (χ1n) is 9.68. The van der Waals surface area contributed by atoms with E-state index in [0.29, 0.717) is 37.8 Å². The number of rotatable bonds is 9. The van der Waals surface area contributed by atoms with Crippen LogP contribution in [-0.2, 0) is 22.6 Å². The number of hydrogen-bond acceptors (Lipinski definition) is 2. The van der Waals surface area contributed by atoms with Crippen LogP contribution >= 0.6 is 46.4 Å². The number of halogens is 4. The number of benzene rings is 2. The fraction of sp³-hybridized carbons (Fsp3) is 0.364. The van der Waals surface area contributed by atoms with Crippen molar-refractivity contribution in [2.45, 2.75) is 45.7 Å². The lowest BCUT2D eigenvalue weighted by Gasteiger charge is -2.29. The molecular formula is C22H24Cl4N2O2. The molecule has 4 nitrogen and oxygen atoms in total. The van der Waals surface area contributed by atoms with Crippen molar-refractivity contribution in [3.8, 4) is 0 Å². The largest absolute Gasteiger partial charge is 0.354 e. The smallest absolute Gasteiger partial charge is 0.242 e. The number of unbranched alkanes of at least 4 members (excludes halogenated alkanes) is 1. The third-order valence-electron chi connectivity index (χ3n) is 4.73. The highest BCUT2D eigenvalue weighted by atomic mass is 35.5. The van der Waals surface area contributed by atoms with E-state index in [1.165, 1.54) is 4.90 Å². The van der Waals surface area contributed by atoms with E-state index in [-0.39, 0.29) is 24.8 Å². The lowest BCUT2D eigenvalue weighted by atomic mass is 10.1. The number of carbonyl (C=O) groups excluding carboxylic acids is 2. The molecule has 0 fully saturated rings. The first kappa shape index (κ1) is 24.8. The third kappa shape index (κ3) is 6.78. The van der Waals surface area contributed by atoms with Gasteiger partial charge in [0.05, 0.1) is 16.5 Å². The summed E-state index contributed by atoms with van der Waals surface area (Å²) in [5, 5.41) is 4.54. The van der Waals surface area contributed by atoms with Gasteiger partial charge in [-0.3, -0.25) is 9.59 Å². The standard InChI is InChI=1S/C22H24Cl4N2O2/c1-3-4-10-27-22(30)14(2)28(13-16-17(23)6-5-7-18(16)24)21(29)12-15-8-9-19(25)20(26)11-15/h5-9,11,14H,3-4,10,12-13H2,1-2H3,(H,27,30). The maximum absolute atomic E-state index is 13.2. The van der Waals surface area contributed by atoms with Crippen LogP contribution in [0.3, 0.4) is 0 Å². The summed E-state index contributed by atoms with van der Waals surface area (Å²) >= 11 is 24.7. The highest BCUT2D eigenvalue weighted by molar-refractivity contribution is 6.42. The number of nitrogens with zero attached hydrogens (tertiary/aromatic N) is 1. The van der Waals surface area contributed by atoms with Crippen LogP contribution in [0.1, 0.15) is 37.8 Å². The lowest BCUT2D eigenvalue weighted by Crippen LogP contribution is -2.48. The van der Waals surface area contributed by atoms with E-state index < -0.39 is 6.04 Å². The Labute approximate surface area is 197 Å². The number of nitrogens with one attached hydrogen (secondary N) is 1. The highest BCUT2D eigenvalue weighted by Crippen LogP contribution is 2.27. The van der Waals surface area contributed by atoms with Crippen molar-refractivity contribution in [1.29, 1.82) is 0 Å². The fourth-order valence-corrected chi connectivity index (χ4v) is 3.74. The van der Waals surface area contributed by atoms with Gasteiger partial charge in [-0.2, -0.15) is 0 Å². The summed E-state index contributed by atoms with van der Waals surface area (Å²) in [7, 11) is 0. The molecule has 0 saturated carbocycles. The maximum Gasteiger partial charge on any atom is 0.242 e. The molecule has 0 saturated heterocycles. The van der Waals surface area contributed by atoms with Crippen LogP contribution < -0.4 is 5.32 Å². The molecule has 0 aliphatic carbocycles. The zero-order chi connectivity index (χ0) is 22.3. The Morgan fingerprint density at radius 3 is 2.27 bits per heavy atom. The Morgan fingerprint density at radius 2 is 1.67 bits per heavy atom. The van der Waals surface area contributed by atoms with Crippen molar-refractivity contribution in [3.05, 3.63) is 67.6 Å². The monoisotopic (exact) mass is 488 g/mol. The molecule has 0 aliphatic rings. The molecule has 0 aromatic heterocycles. The minimum atomic E-state index is -0.704. The van der Waals surface area contributed by atoms with Gasteiger partial charge in [-0.25, -0.2) is 0 Å². The molecule has 1 atom stereocenters. The summed E-state index contributed by atoms with van der Waals surface area (Å²) in [6.45, 7) is 4.41. The van der Waals surface area contributed by atoms with Gasteiger partial charge in [0, 0.05) is 28.7 Å². The molecule has 2 aromatic rings. The van der Waals surface area contributed by atoms with Crippen molar-refractivity contribution in [2.75, 3.05) is 6.54 Å². The summed E-state index contributed by atoms with van der Waals surface area (Å²) < 4.78 is 0. The topological polar surface area (TPSA) is 49.4 Å². The summed E-state index contributed by atoms with van der Waals surface area (Å²) in [5.41, 5.74) is 1.29. The van der Waals surface area contributed by atoms with Crippen LogP contribution in [0.4, 0.5) is 0 Å². The molecule has 30 heavy (non-hydrogen) atoms. The van der Waals surface area contributed by atoms with E-state index in [2.05, 4.69) is 5.32 Å². The molecule has 162 valence electrons. The van der Waals surface area contributed by atoms with Gasteiger partial charge in [0.1, 0.15) is 6.04 Å². The quantitative estimate of drug-likeness (QED) is 0.427. The summed E-state index contributed by atoms with van der Waals surface area (Å²) in [6, 6.07) is 9.46. The minimum absolute atomic E-state index is 0.0611. The van der Waals surface area contributed by atoms with E-state index in [1.54, 1.807) is 43.3 Å². The molecule has 0 spiro atoms. The fourth-order valence-electron chi connectivity index (χ4n) is 2.90. The lowest BCUT2D eigenvalue weighted by molar-refractivity contribution is -0.140. The van der Waals surface area contributed by atoms with Gasteiger partial charge < -0.3 is 10.2 Å². The average Bonchev–Trinajstić information content (AvgIpc) is 2.70. The van der Waals surface area contributed by atoms with Crippen LogP contribution in [0.2, 0.25) is 20.1 Å². The third-order valence-corrected chi connectivity index (χ3v) is 6.17. The Kier molecular flexibility index (Phi) is 9.76. The van der Waals surface area contributed by atoms with Crippen molar-refractivity contribution in [3.63, 3.8) is 0 Å². The second-order valence-electron chi connectivity index (χ2n) is 6.97. The van der Waals surface area contributed by atoms with E-state index in [9.17, 15) is 9.59 Å². The maximum atomic E-state index is 13.2. The Bertz CT molecular complexity index is 884. The molecule has 8 heteroatoms. The Hall–Kier alpha value is -1.46. The Morgan fingerprint density at radius 1 is 1.00 bits per heavy atom. The highest BCUT2D eigenvalue weighted by Gasteiger charge is 2.27. The van der Waals surface area contributed by atoms with Gasteiger partial charge in [0.25, 0.3) is 0 Å². The molecule has 0 aliphatic heterocycles. The number of amides is 2. The summed E-state index contributed by atoms with van der Waals surface area (Å²) in [6.07, 6.45) is 1.89. The van der Waals surface area contributed by atoms with Gasteiger partial charge in [-0.1, -0.05) is 71.9 Å². The minimum Gasteiger partial charge on any atom is -0.354 e. The summed E-state index contributed by atoms with van der Waals surface area (Å²) in [5.74, 6) is -0.475. The van der Waals surface area contributed by atoms with Gasteiger partial charge in [-0.15, -0.1) is 0 Å². The molecule has 0 bridgehead atoms. The zero-order valence-electron chi connectivity index (χ0n) is 16.9. The Balaban J connectivity index is 2.28. The van der Waals surface area contributed by atoms with Crippen LogP contribution in [0.15, 0.2) is 36.4 Å². The SMILES string of the molecule is CCCCNC(=O)C(C)N(Cc1c(Cl)cccc1Cl)C(=O)Cc1ccc(Cl)c(Cl)c1. The van der Waals surface area contributed by atoms with Crippen LogP contribution in [0.5, 0.6) is 0 Å². The first-order valence-corrected chi connectivity index (χ1v) is 11.2. The molecule has 1 unspecified atom stereocenters. The predicted octanol–water partition coefficient (Wildman–Crippen LogP) is 6.18. The van der Waals surface area contributed by atoms with Gasteiger partial charge in [0.15, 0.2) is 0 Å². The van der Waals surface area contributed by atoms with Crippen molar-refractivity contribution in [2.24, 2.45) is 0 Å². The molecular weight excluding hydrogens is 466 g/mol. The first-order chi connectivity index (χ1) is 14.2. The zero-order valence-corrected chi connectivity index (χ0v) is 19.9. The molecule has 2 rings (SSSR count). The van der Waals surface area contributed by atoms with Crippen LogP contribution in [0, 0.1) is 0 Å². The van der Waals surface area contributed by atoms with Gasteiger partial charge in [0.2, 0.25) is 11.8 Å². The van der Waals surface area contributed by atoms with Crippen molar-refractivity contribution < 1.29 is 9.59 Å². The second-order valence-corrected chi connectivity index (χ2v) is 8.60. The van der Waals surface area contributed by atoms with Crippen molar-refractivity contribution >= 4 is 58.2 Å². The number of carbonyl (C=O) groups is 2. The normalized spacial score (nSPS) is 11.8. The van der Waals surface area contributed by atoms with E-state index >= 15 is 0 Å². The van der Waals surface area contributed by atoms with Crippen molar-refractivity contribution in [1.82, 2.24) is 10.2 Å². The molecule has 0 heterocycles.